The zero-order valence-corrected chi connectivity index (χ0v) is 9.26. The van der Waals surface area contributed by atoms with E-state index in [1.165, 1.54) is 5.56 Å². The molecule has 0 amide bonds. The van der Waals surface area contributed by atoms with Gasteiger partial charge in [0.2, 0.25) is 0 Å². The molecule has 0 aliphatic carbocycles. The van der Waals surface area contributed by atoms with Gasteiger partial charge >= 0.3 is 0 Å². The van der Waals surface area contributed by atoms with Crippen LogP contribution in [0.5, 0.6) is 0 Å². The molecule has 1 aromatic carbocycles. The number of hydrogen-bond acceptors (Lipinski definition) is 2. The highest BCUT2D eigenvalue weighted by atomic mass is 14.6. The molecule has 2 N–H and O–H groups in total. The first-order chi connectivity index (χ1) is 7.81. The van der Waals surface area contributed by atoms with E-state index in [2.05, 4.69) is 29.8 Å². The summed E-state index contributed by atoms with van der Waals surface area (Å²) in [6.07, 6.45) is 5.60. The van der Waals surface area contributed by atoms with E-state index >= 15 is 0 Å². The molecule has 0 aliphatic rings. The minimum atomic E-state index is 0.0857. The highest BCUT2D eigenvalue weighted by Crippen LogP contribution is 2.20. The highest BCUT2D eigenvalue weighted by molar-refractivity contribution is 5.79. The van der Waals surface area contributed by atoms with Gasteiger partial charge in [-0.05, 0) is 36.6 Å². The maximum atomic E-state index is 6.10. The Labute approximate surface area is 95.8 Å². The SMILES string of the molecule is C=CCCC(N)c1ccc2ncccc2c1. The number of nitrogens with zero attached hydrogens (tertiary/aromatic N) is 1. The van der Waals surface area contributed by atoms with Crippen molar-refractivity contribution >= 4 is 10.9 Å². The van der Waals surface area contributed by atoms with Crippen LogP contribution >= 0.6 is 0 Å². The average molecular weight is 212 g/mol. The first-order valence-corrected chi connectivity index (χ1v) is 5.52. The van der Waals surface area contributed by atoms with Gasteiger partial charge in [-0.2, -0.15) is 0 Å². The van der Waals surface area contributed by atoms with Crippen LogP contribution in [0, 0.1) is 0 Å². The third-order valence-electron chi connectivity index (χ3n) is 2.74. The van der Waals surface area contributed by atoms with Gasteiger partial charge in [-0.1, -0.05) is 18.2 Å². The number of aromatic nitrogens is 1. The molecule has 1 atom stereocenters. The Balaban J connectivity index is 2.28. The molecule has 0 saturated carbocycles. The quantitative estimate of drug-likeness (QED) is 0.790. The van der Waals surface area contributed by atoms with Gasteiger partial charge in [0.05, 0.1) is 5.52 Å². The fourth-order valence-electron chi connectivity index (χ4n) is 1.79. The first kappa shape index (κ1) is 10.8. The highest BCUT2D eigenvalue weighted by Gasteiger charge is 2.05. The van der Waals surface area contributed by atoms with Gasteiger partial charge in [-0.15, -0.1) is 6.58 Å². The van der Waals surface area contributed by atoms with E-state index in [9.17, 15) is 0 Å². The van der Waals surface area contributed by atoms with Crippen molar-refractivity contribution in [2.24, 2.45) is 5.73 Å². The number of pyridine rings is 1. The van der Waals surface area contributed by atoms with E-state index in [0.717, 1.165) is 23.7 Å². The molecule has 16 heavy (non-hydrogen) atoms. The van der Waals surface area contributed by atoms with Crippen molar-refractivity contribution in [1.29, 1.82) is 0 Å². The second kappa shape index (κ2) is 4.90. The Morgan fingerprint density at radius 3 is 3.06 bits per heavy atom. The summed E-state index contributed by atoms with van der Waals surface area (Å²) in [6.45, 7) is 3.71. The summed E-state index contributed by atoms with van der Waals surface area (Å²) < 4.78 is 0. The van der Waals surface area contributed by atoms with E-state index in [1.54, 1.807) is 6.20 Å². The lowest BCUT2D eigenvalue weighted by Crippen LogP contribution is -2.09. The molecule has 0 radical (unpaired) electrons. The smallest absolute Gasteiger partial charge is 0.0702 e. The molecule has 2 rings (SSSR count). The molecule has 0 spiro atoms. The number of rotatable bonds is 4. The van der Waals surface area contributed by atoms with Gasteiger partial charge < -0.3 is 5.73 Å². The van der Waals surface area contributed by atoms with Crippen molar-refractivity contribution in [3.63, 3.8) is 0 Å². The molecule has 1 unspecified atom stereocenters. The van der Waals surface area contributed by atoms with Crippen molar-refractivity contribution in [3.8, 4) is 0 Å². The molecule has 82 valence electrons. The summed E-state index contributed by atoms with van der Waals surface area (Å²) in [5.41, 5.74) is 8.29. The van der Waals surface area contributed by atoms with Gasteiger partial charge in [0.25, 0.3) is 0 Å². The lowest BCUT2D eigenvalue weighted by Gasteiger charge is -2.11. The minimum absolute atomic E-state index is 0.0857. The Morgan fingerprint density at radius 1 is 1.38 bits per heavy atom. The van der Waals surface area contributed by atoms with Crippen LogP contribution in [-0.2, 0) is 0 Å². The summed E-state index contributed by atoms with van der Waals surface area (Å²) in [5.74, 6) is 0. The third-order valence-corrected chi connectivity index (χ3v) is 2.74. The maximum Gasteiger partial charge on any atom is 0.0702 e. The zero-order chi connectivity index (χ0) is 11.4. The summed E-state index contributed by atoms with van der Waals surface area (Å²) >= 11 is 0. The minimum Gasteiger partial charge on any atom is -0.324 e. The molecule has 2 heteroatoms. The second-order valence-electron chi connectivity index (χ2n) is 3.93. The summed E-state index contributed by atoms with van der Waals surface area (Å²) in [5, 5.41) is 1.15. The van der Waals surface area contributed by atoms with Crippen molar-refractivity contribution in [3.05, 3.63) is 54.7 Å². The zero-order valence-electron chi connectivity index (χ0n) is 9.26. The van der Waals surface area contributed by atoms with Crippen LogP contribution < -0.4 is 5.73 Å². The molecule has 2 aromatic rings. The molecular weight excluding hydrogens is 196 g/mol. The summed E-state index contributed by atoms with van der Waals surface area (Å²) in [7, 11) is 0. The van der Waals surface area contributed by atoms with E-state index in [0.29, 0.717) is 0 Å². The molecule has 2 nitrogen and oxygen atoms in total. The number of allylic oxidation sites excluding steroid dienone is 1. The van der Waals surface area contributed by atoms with E-state index < -0.39 is 0 Å². The Bertz CT molecular complexity index is 491. The van der Waals surface area contributed by atoms with Gasteiger partial charge in [0, 0.05) is 17.6 Å². The third kappa shape index (κ3) is 2.28. The molecule has 0 aliphatic heterocycles. The molecule has 0 bridgehead atoms. The molecule has 0 saturated heterocycles. The van der Waals surface area contributed by atoms with Gasteiger partial charge in [0.1, 0.15) is 0 Å². The largest absolute Gasteiger partial charge is 0.324 e. The maximum absolute atomic E-state index is 6.10. The standard InChI is InChI=1S/C14H16N2/c1-2-3-6-13(15)11-7-8-14-12(10-11)5-4-9-16-14/h2,4-5,7-10,13H,1,3,6,15H2. The number of hydrogen-bond donors (Lipinski definition) is 1. The van der Waals surface area contributed by atoms with Crippen LogP contribution in [-0.4, -0.2) is 4.98 Å². The average Bonchev–Trinajstić information content (AvgIpc) is 2.35. The van der Waals surface area contributed by atoms with Crippen LogP contribution in [0.15, 0.2) is 49.2 Å². The monoisotopic (exact) mass is 212 g/mol. The van der Waals surface area contributed by atoms with Gasteiger partial charge in [-0.3, -0.25) is 4.98 Å². The Hall–Kier alpha value is -1.67. The number of benzene rings is 1. The van der Waals surface area contributed by atoms with E-state index in [1.807, 2.05) is 18.2 Å². The van der Waals surface area contributed by atoms with Crippen LogP contribution in [0.3, 0.4) is 0 Å². The fraction of sp³-hybridized carbons (Fsp3) is 0.214. The number of nitrogens with two attached hydrogens (primary N) is 1. The molecule has 0 fully saturated rings. The first-order valence-electron chi connectivity index (χ1n) is 5.52. The normalized spacial score (nSPS) is 12.6. The lowest BCUT2D eigenvalue weighted by atomic mass is 10.0. The topological polar surface area (TPSA) is 38.9 Å². The fourth-order valence-corrected chi connectivity index (χ4v) is 1.79. The Kier molecular flexibility index (Phi) is 3.32. The van der Waals surface area contributed by atoms with E-state index in [4.69, 9.17) is 5.73 Å². The summed E-state index contributed by atoms with van der Waals surface area (Å²) in [6, 6.07) is 10.3. The predicted octanol–water partition coefficient (Wildman–Crippen LogP) is 3.20. The van der Waals surface area contributed by atoms with Crippen LogP contribution in [0.1, 0.15) is 24.4 Å². The van der Waals surface area contributed by atoms with Crippen LogP contribution in [0.4, 0.5) is 0 Å². The lowest BCUT2D eigenvalue weighted by molar-refractivity contribution is 0.662. The van der Waals surface area contributed by atoms with E-state index in [-0.39, 0.29) is 6.04 Å². The van der Waals surface area contributed by atoms with Crippen molar-refractivity contribution in [2.45, 2.75) is 18.9 Å². The van der Waals surface area contributed by atoms with Crippen molar-refractivity contribution in [2.75, 3.05) is 0 Å². The molecule has 1 heterocycles. The van der Waals surface area contributed by atoms with Gasteiger partial charge in [-0.25, -0.2) is 0 Å². The number of fused-ring (bicyclic) bond motifs is 1. The van der Waals surface area contributed by atoms with Gasteiger partial charge in [0.15, 0.2) is 0 Å². The second-order valence-corrected chi connectivity index (χ2v) is 3.93. The van der Waals surface area contributed by atoms with Crippen molar-refractivity contribution < 1.29 is 0 Å². The van der Waals surface area contributed by atoms with Crippen molar-refractivity contribution in [1.82, 2.24) is 4.98 Å². The Morgan fingerprint density at radius 2 is 2.25 bits per heavy atom. The molecule has 1 aromatic heterocycles. The molecular formula is C14H16N2. The van der Waals surface area contributed by atoms with Crippen LogP contribution in [0.2, 0.25) is 0 Å². The summed E-state index contributed by atoms with van der Waals surface area (Å²) in [4.78, 5) is 4.29. The predicted molar refractivity (Wildman–Crippen MR) is 68.1 cm³/mol. The van der Waals surface area contributed by atoms with Crippen LogP contribution in [0.25, 0.3) is 10.9 Å².